The first-order valence-electron chi connectivity index (χ1n) is 18.6. The number of esters is 1. The van der Waals surface area contributed by atoms with Gasteiger partial charge in [0.05, 0.1) is 6.61 Å². The van der Waals surface area contributed by atoms with Crippen molar-refractivity contribution >= 4 is 19.6 Å². The Morgan fingerprint density at radius 3 is 1.50 bits per heavy atom. The number of rotatable bonds is 34. The van der Waals surface area contributed by atoms with E-state index < -0.39 is 38.4 Å². The van der Waals surface area contributed by atoms with E-state index in [1.54, 1.807) is 0 Å². The molecule has 0 aromatic rings. The predicted molar refractivity (Wildman–Crippen MR) is 189 cm³/mol. The number of hydrogen-bond donors (Lipinski definition) is 3. The quantitative estimate of drug-likeness (QED) is 0.0266. The van der Waals surface area contributed by atoms with Crippen molar-refractivity contribution in [3.63, 3.8) is 0 Å². The molecule has 0 aliphatic rings. The molecular formula is C37H69O8P. The number of Topliss-reactive ketones (excluding diaryl/α,β-unsaturated/α-hetero) is 1. The molecule has 0 aliphatic carbocycles. The number of aliphatic hydroxyl groups is 1. The Labute approximate surface area is 281 Å². The first-order valence-corrected chi connectivity index (χ1v) is 20.1. The predicted octanol–water partition coefficient (Wildman–Crippen LogP) is 10.2. The van der Waals surface area contributed by atoms with Gasteiger partial charge in [0.25, 0.3) is 0 Å². The Kier molecular flexibility index (Phi) is 31.3. The lowest BCUT2D eigenvalue weighted by atomic mass is 10.0. The first-order chi connectivity index (χ1) is 22.2. The van der Waals surface area contributed by atoms with Crippen LogP contribution >= 0.6 is 7.82 Å². The molecule has 0 heterocycles. The van der Waals surface area contributed by atoms with Crippen LogP contribution < -0.4 is 0 Å². The fraction of sp³-hybridized carbons (Fsp3) is 0.838. The molecule has 0 rings (SSSR count). The van der Waals surface area contributed by atoms with Crippen LogP contribution in [0.3, 0.4) is 0 Å². The van der Waals surface area contributed by atoms with Gasteiger partial charge in [0.2, 0.25) is 0 Å². The smallest absolute Gasteiger partial charge is 0.457 e. The average molecular weight is 673 g/mol. The molecule has 3 N–H and O–H groups in total. The molecule has 46 heavy (non-hydrogen) atoms. The fourth-order valence-electron chi connectivity index (χ4n) is 5.44. The van der Waals surface area contributed by atoms with Gasteiger partial charge in [0.15, 0.2) is 18.0 Å². The van der Waals surface area contributed by atoms with Crippen LogP contribution in [-0.2, 0) is 23.4 Å². The van der Waals surface area contributed by atoms with Gasteiger partial charge in [0.1, 0.15) is 0 Å². The molecule has 0 aliphatic heterocycles. The largest absolute Gasteiger partial charge is 0.470 e. The van der Waals surface area contributed by atoms with Crippen LogP contribution in [0.15, 0.2) is 24.3 Å². The summed E-state index contributed by atoms with van der Waals surface area (Å²) in [6.45, 7) is 3.68. The van der Waals surface area contributed by atoms with Crippen molar-refractivity contribution < 1.29 is 38.3 Å². The zero-order valence-corrected chi connectivity index (χ0v) is 30.3. The van der Waals surface area contributed by atoms with Crippen molar-refractivity contribution in [2.75, 3.05) is 6.61 Å². The summed E-state index contributed by atoms with van der Waals surface area (Å²) >= 11 is 0. The molecule has 9 heteroatoms. The fourth-order valence-corrected chi connectivity index (χ4v) is 5.99. The highest BCUT2D eigenvalue weighted by Gasteiger charge is 2.36. The van der Waals surface area contributed by atoms with Crippen molar-refractivity contribution in [2.45, 2.75) is 193 Å². The lowest BCUT2D eigenvalue weighted by molar-refractivity contribution is -0.160. The summed E-state index contributed by atoms with van der Waals surface area (Å²) in [5.74, 6) is -1.19. The zero-order valence-electron chi connectivity index (χ0n) is 29.4. The van der Waals surface area contributed by atoms with Crippen LogP contribution in [0.2, 0.25) is 0 Å². The lowest BCUT2D eigenvalue weighted by Crippen LogP contribution is -2.41. The molecule has 0 amide bonds. The Hall–Kier alpha value is -1.31. The minimum absolute atomic E-state index is 0.0431. The van der Waals surface area contributed by atoms with Crippen LogP contribution in [0.4, 0.5) is 0 Å². The lowest BCUT2D eigenvalue weighted by Gasteiger charge is -2.25. The van der Waals surface area contributed by atoms with Crippen molar-refractivity contribution in [2.24, 2.45) is 0 Å². The van der Waals surface area contributed by atoms with Crippen LogP contribution in [0.5, 0.6) is 0 Å². The molecule has 0 fully saturated rings. The number of unbranched alkanes of at least 4 members (excludes halogenated alkanes) is 20. The Morgan fingerprint density at radius 2 is 1.02 bits per heavy atom. The normalized spacial score (nSPS) is 13.5. The molecular weight excluding hydrogens is 603 g/mol. The van der Waals surface area contributed by atoms with Crippen molar-refractivity contribution in [1.29, 1.82) is 0 Å². The Morgan fingerprint density at radius 1 is 0.609 bits per heavy atom. The number of ether oxygens (including phenoxy) is 1. The van der Waals surface area contributed by atoms with Gasteiger partial charge in [-0.05, 0) is 44.9 Å². The van der Waals surface area contributed by atoms with E-state index in [0.29, 0.717) is 12.8 Å². The van der Waals surface area contributed by atoms with Crippen molar-refractivity contribution in [3.8, 4) is 0 Å². The van der Waals surface area contributed by atoms with Gasteiger partial charge in [-0.15, -0.1) is 0 Å². The van der Waals surface area contributed by atoms with Gasteiger partial charge in [-0.2, -0.15) is 0 Å². The summed E-state index contributed by atoms with van der Waals surface area (Å²) in [6, 6.07) is 0. The number of allylic oxidation sites excluding steroid dienone is 4. The number of hydrogen-bond acceptors (Lipinski definition) is 6. The number of ketones is 1. The molecule has 0 spiro atoms. The number of phosphoric ester groups is 1. The molecule has 0 aromatic carbocycles. The van der Waals surface area contributed by atoms with Gasteiger partial charge < -0.3 is 19.6 Å². The van der Waals surface area contributed by atoms with E-state index >= 15 is 0 Å². The van der Waals surface area contributed by atoms with Crippen LogP contribution in [-0.4, -0.2) is 45.5 Å². The van der Waals surface area contributed by atoms with Crippen molar-refractivity contribution in [1.82, 2.24) is 0 Å². The van der Waals surface area contributed by atoms with E-state index in [0.717, 1.165) is 64.2 Å². The zero-order chi connectivity index (χ0) is 34.1. The maximum absolute atomic E-state index is 12.8. The molecule has 0 bridgehead atoms. The van der Waals surface area contributed by atoms with Crippen LogP contribution in [0.25, 0.3) is 0 Å². The third-order valence-corrected chi connectivity index (χ3v) is 8.73. The van der Waals surface area contributed by atoms with E-state index in [2.05, 4.69) is 38.2 Å². The summed E-state index contributed by atoms with van der Waals surface area (Å²) in [4.78, 5) is 44.0. The second-order valence-corrected chi connectivity index (χ2v) is 13.9. The first kappa shape index (κ1) is 44.7. The molecule has 270 valence electrons. The molecule has 8 nitrogen and oxygen atoms in total. The highest BCUT2D eigenvalue weighted by Crippen LogP contribution is 2.39. The Balaban J connectivity index is 4.21. The Bertz CT molecular complexity index is 822. The molecule has 1 unspecified atom stereocenters. The van der Waals surface area contributed by atoms with Gasteiger partial charge in [-0.25, -0.2) is 4.57 Å². The summed E-state index contributed by atoms with van der Waals surface area (Å²) in [7, 11) is -5.04. The maximum Gasteiger partial charge on any atom is 0.470 e. The molecule has 0 aromatic heterocycles. The van der Waals surface area contributed by atoms with Gasteiger partial charge in [-0.3, -0.25) is 14.1 Å². The van der Waals surface area contributed by atoms with E-state index in [1.165, 1.54) is 77.0 Å². The highest BCUT2D eigenvalue weighted by atomic mass is 31.2. The third-order valence-electron chi connectivity index (χ3n) is 8.23. The van der Waals surface area contributed by atoms with Crippen LogP contribution in [0, 0.1) is 0 Å². The minimum atomic E-state index is -5.04. The standard InChI is InChI=1S/C37H69O8P/c1-3-5-7-9-11-13-15-17-18-20-22-24-26-28-30-32-36(40)44-35(33-38)37(45-46(41,42)43)34(39)31-29-27-25-23-21-19-16-14-12-10-8-6-4-2/h11,13,17-18,35,37-38H,3-10,12,14-16,19-33H2,1-2H3,(H2,41,42,43)/b13-11-,18-17-/t35-,37?/m0/s1. The summed E-state index contributed by atoms with van der Waals surface area (Å²) in [5, 5.41) is 9.81. The van der Waals surface area contributed by atoms with E-state index in [9.17, 15) is 29.0 Å². The van der Waals surface area contributed by atoms with E-state index in [1.807, 2.05) is 0 Å². The highest BCUT2D eigenvalue weighted by molar-refractivity contribution is 7.46. The summed E-state index contributed by atoms with van der Waals surface area (Å²) < 4.78 is 21.6. The van der Waals surface area contributed by atoms with Crippen molar-refractivity contribution in [3.05, 3.63) is 24.3 Å². The number of carbonyl (C=O) groups is 2. The second-order valence-electron chi connectivity index (χ2n) is 12.7. The average Bonchev–Trinajstić information content (AvgIpc) is 3.02. The molecule has 0 radical (unpaired) electrons. The minimum Gasteiger partial charge on any atom is -0.457 e. The number of phosphoric acid groups is 1. The monoisotopic (exact) mass is 672 g/mol. The van der Waals surface area contributed by atoms with Crippen LogP contribution in [0.1, 0.15) is 181 Å². The topological polar surface area (TPSA) is 130 Å². The SMILES string of the molecule is CCCCC/C=C\C/C=C\CCCCCCCC(=O)O[C@@H](CO)C(OP(=O)(O)O)C(=O)CCCCCCCCCCCCCCC. The van der Waals surface area contributed by atoms with E-state index in [4.69, 9.17) is 9.26 Å². The summed E-state index contributed by atoms with van der Waals surface area (Å²) in [5.41, 5.74) is 0. The van der Waals surface area contributed by atoms with Gasteiger partial charge >= 0.3 is 13.8 Å². The molecule has 2 atom stereocenters. The summed E-state index contributed by atoms with van der Waals surface area (Å²) in [6.07, 6.45) is 32.5. The number of aliphatic hydroxyl groups excluding tert-OH is 1. The second kappa shape index (κ2) is 32.2. The third kappa shape index (κ3) is 30.1. The molecule has 0 saturated heterocycles. The maximum atomic E-state index is 12.8. The van der Waals surface area contributed by atoms with Gasteiger partial charge in [0, 0.05) is 12.8 Å². The van der Waals surface area contributed by atoms with E-state index in [-0.39, 0.29) is 12.8 Å². The number of carbonyl (C=O) groups excluding carboxylic acids is 2. The van der Waals surface area contributed by atoms with Gasteiger partial charge in [-0.1, -0.05) is 147 Å². The molecule has 0 saturated carbocycles.